The summed E-state index contributed by atoms with van der Waals surface area (Å²) in [5.74, 6) is -0.698. The molecule has 0 spiro atoms. The van der Waals surface area contributed by atoms with Crippen LogP contribution in [-0.4, -0.2) is 18.4 Å². The predicted octanol–water partition coefficient (Wildman–Crippen LogP) is 2.29. The maximum Gasteiger partial charge on any atom is 0.251 e. The molecule has 0 heterocycles. The highest BCUT2D eigenvalue weighted by Crippen LogP contribution is 2.19. The van der Waals surface area contributed by atoms with E-state index in [1.54, 1.807) is 48.5 Å². The van der Waals surface area contributed by atoms with Crippen LogP contribution >= 0.6 is 11.6 Å². The van der Waals surface area contributed by atoms with E-state index >= 15 is 0 Å². The summed E-state index contributed by atoms with van der Waals surface area (Å²) in [7, 11) is 0. The predicted molar refractivity (Wildman–Crippen MR) is 83.3 cm³/mol. The van der Waals surface area contributed by atoms with Crippen molar-refractivity contribution < 1.29 is 9.59 Å². The minimum atomic E-state index is -0.355. The van der Waals surface area contributed by atoms with E-state index < -0.39 is 0 Å². The fraction of sp³-hybridized carbons (Fsp3) is 0.0667. The van der Waals surface area contributed by atoms with Gasteiger partial charge in [0.25, 0.3) is 5.91 Å². The number of para-hydroxylation sites is 1. The lowest BCUT2D eigenvalue weighted by Crippen LogP contribution is -2.32. The topological polar surface area (TPSA) is 84.2 Å². The molecule has 0 atom stereocenters. The molecule has 0 saturated carbocycles. The first-order valence-electron chi connectivity index (χ1n) is 6.24. The Morgan fingerprint density at radius 2 is 1.71 bits per heavy atom. The highest BCUT2D eigenvalue weighted by atomic mass is 35.5. The summed E-state index contributed by atoms with van der Waals surface area (Å²) in [5, 5.41) is 5.58. The van der Waals surface area contributed by atoms with Crippen LogP contribution in [0.1, 0.15) is 10.4 Å². The van der Waals surface area contributed by atoms with Crippen LogP contribution in [0.4, 0.5) is 11.4 Å². The summed E-state index contributed by atoms with van der Waals surface area (Å²) in [6.07, 6.45) is 0. The third-order valence-corrected chi connectivity index (χ3v) is 3.06. The molecule has 2 aromatic carbocycles. The molecule has 2 aromatic rings. The Morgan fingerprint density at radius 1 is 1.05 bits per heavy atom. The van der Waals surface area contributed by atoms with Crippen LogP contribution in [0.15, 0.2) is 48.5 Å². The monoisotopic (exact) mass is 303 g/mol. The Bertz CT molecular complexity index is 656. The van der Waals surface area contributed by atoms with Crippen LogP contribution in [0, 0.1) is 0 Å². The first kappa shape index (κ1) is 14.9. The van der Waals surface area contributed by atoms with Crippen molar-refractivity contribution in [3.63, 3.8) is 0 Å². The number of anilines is 2. The second-order valence-electron chi connectivity index (χ2n) is 4.33. The van der Waals surface area contributed by atoms with Gasteiger partial charge in [-0.25, -0.2) is 0 Å². The van der Waals surface area contributed by atoms with E-state index in [4.69, 9.17) is 17.3 Å². The summed E-state index contributed by atoms with van der Waals surface area (Å²) in [6, 6.07) is 13.3. The number of hydrogen-bond acceptors (Lipinski definition) is 3. The lowest BCUT2D eigenvalue weighted by Gasteiger charge is -2.08. The number of amides is 2. The first-order chi connectivity index (χ1) is 10.1. The third-order valence-electron chi connectivity index (χ3n) is 2.73. The third kappa shape index (κ3) is 4.22. The van der Waals surface area contributed by atoms with Gasteiger partial charge in [0.1, 0.15) is 0 Å². The van der Waals surface area contributed by atoms with Gasteiger partial charge in [-0.05, 0) is 36.4 Å². The summed E-state index contributed by atoms with van der Waals surface area (Å²) in [4.78, 5) is 23.6. The number of nitrogens with two attached hydrogens (primary N) is 1. The molecule has 0 fully saturated rings. The second kappa shape index (κ2) is 6.76. The Hall–Kier alpha value is -2.53. The van der Waals surface area contributed by atoms with Crippen molar-refractivity contribution >= 4 is 34.8 Å². The van der Waals surface area contributed by atoms with E-state index in [9.17, 15) is 9.59 Å². The number of halogens is 1. The van der Waals surface area contributed by atoms with E-state index in [-0.39, 0.29) is 18.4 Å². The number of benzene rings is 2. The van der Waals surface area contributed by atoms with E-state index in [1.165, 1.54) is 0 Å². The van der Waals surface area contributed by atoms with Gasteiger partial charge < -0.3 is 16.4 Å². The zero-order chi connectivity index (χ0) is 15.2. The zero-order valence-corrected chi connectivity index (χ0v) is 11.9. The molecule has 108 valence electrons. The number of hydrogen-bond donors (Lipinski definition) is 3. The highest BCUT2D eigenvalue weighted by Gasteiger charge is 2.09. The van der Waals surface area contributed by atoms with Crippen molar-refractivity contribution in [1.29, 1.82) is 0 Å². The number of rotatable bonds is 4. The molecule has 0 bridgehead atoms. The molecule has 2 rings (SSSR count). The molecule has 0 unspecified atom stereocenters. The van der Waals surface area contributed by atoms with Crippen LogP contribution in [0.3, 0.4) is 0 Å². The minimum absolute atomic E-state index is 0.144. The van der Waals surface area contributed by atoms with Gasteiger partial charge in [0.05, 0.1) is 17.3 Å². The largest absolute Gasteiger partial charge is 0.399 e. The number of nitrogens with one attached hydrogen (secondary N) is 2. The number of carbonyl (C=O) groups excluding carboxylic acids is 2. The van der Waals surface area contributed by atoms with Gasteiger partial charge in [0.2, 0.25) is 5.91 Å². The minimum Gasteiger partial charge on any atom is -0.399 e. The van der Waals surface area contributed by atoms with Crippen LogP contribution in [0.5, 0.6) is 0 Å². The molecule has 2 amide bonds. The van der Waals surface area contributed by atoms with Crippen molar-refractivity contribution in [2.24, 2.45) is 0 Å². The van der Waals surface area contributed by atoms with Crippen molar-refractivity contribution in [2.45, 2.75) is 0 Å². The van der Waals surface area contributed by atoms with E-state index in [1.807, 2.05) is 0 Å². The fourth-order valence-corrected chi connectivity index (χ4v) is 1.84. The molecule has 5 nitrogen and oxygen atoms in total. The number of nitrogen functional groups attached to an aromatic ring is 1. The normalized spacial score (nSPS) is 9.95. The summed E-state index contributed by atoms with van der Waals surface area (Å²) < 4.78 is 0. The maximum atomic E-state index is 11.8. The Morgan fingerprint density at radius 3 is 2.38 bits per heavy atom. The van der Waals surface area contributed by atoms with Crippen molar-refractivity contribution in [1.82, 2.24) is 5.32 Å². The van der Waals surface area contributed by atoms with Crippen LogP contribution in [0.2, 0.25) is 5.02 Å². The smallest absolute Gasteiger partial charge is 0.251 e. The molecule has 0 radical (unpaired) electrons. The molecular weight excluding hydrogens is 290 g/mol. The van der Waals surface area contributed by atoms with Gasteiger partial charge in [0.15, 0.2) is 0 Å². The zero-order valence-electron chi connectivity index (χ0n) is 11.1. The average molecular weight is 304 g/mol. The number of carbonyl (C=O) groups is 2. The van der Waals surface area contributed by atoms with Crippen molar-refractivity contribution in [3.8, 4) is 0 Å². The van der Waals surface area contributed by atoms with Gasteiger partial charge in [-0.15, -0.1) is 0 Å². The quantitative estimate of drug-likeness (QED) is 0.758. The standard InChI is InChI=1S/C15H14ClN3O2/c16-12-3-1-2-4-13(12)19-14(20)9-18-15(21)10-5-7-11(17)8-6-10/h1-8H,9,17H2,(H,18,21)(H,19,20). The summed E-state index contributed by atoms with van der Waals surface area (Å²) in [5.41, 5.74) is 7.06. The fourth-order valence-electron chi connectivity index (χ4n) is 1.65. The Kier molecular flexibility index (Phi) is 4.79. The summed E-state index contributed by atoms with van der Waals surface area (Å²) in [6.45, 7) is -0.144. The molecule has 0 saturated heterocycles. The molecule has 21 heavy (non-hydrogen) atoms. The molecule has 0 aromatic heterocycles. The lowest BCUT2D eigenvalue weighted by atomic mass is 10.2. The Labute approximate surface area is 127 Å². The van der Waals surface area contributed by atoms with E-state index in [0.717, 1.165) is 0 Å². The first-order valence-corrected chi connectivity index (χ1v) is 6.62. The van der Waals surface area contributed by atoms with E-state index in [0.29, 0.717) is 22.0 Å². The van der Waals surface area contributed by atoms with Crippen LogP contribution in [0.25, 0.3) is 0 Å². The molecule has 6 heteroatoms. The van der Waals surface area contributed by atoms with Gasteiger partial charge in [0, 0.05) is 11.3 Å². The molecule has 4 N–H and O–H groups in total. The van der Waals surface area contributed by atoms with Crippen LogP contribution in [-0.2, 0) is 4.79 Å². The summed E-state index contributed by atoms with van der Waals surface area (Å²) >= 11 is 5.93. The maximum absolute atomic E-state index is 11.8. The SMILES string of the molecule is Nc1ccc(C(=O)NCC(=O)Nc2ccccc2Cl)cc1. The van der Waals surface area contributed by atoms with Crippen molar-refractivity contribution in [3.05, 3.63) is 59.1 Å². The average Bonchev–Trinajstić information content (AvgIpc) is 2.48. The van der Waals surface area contributed by atoms with Gasteiger partial charge in [-0.2, -0.15) is 0 Å². The lowest BCUT2D eigenvalue weighted by molar-refractivity contribution is -0.115. The van der Waals surface area contributed by atoms with Crippen LogP contribution < -0.4 is 16.4 Å². The highest BCUT2D eigenvalue weighted by molar-refractivity contribution is 6.33. The van der Waals surface area contributed by atoms with Crippen molar-refractivity contribution in [2.75, 3.05) is 17.6 Å². The molecule has 0 aliphatic rings. The Balaban J connectivity index is 1.88. The molecular formula is C15H14ClN3O2. The van der Waals surface area contributed by atoms with Gasteiger partial charge >= 0.3 is 0 Å². The van der Waals surface area contributed by atoms with Gasteiger partial charge in [-0.3, -0.25) is 9.59 Å². The molecule has 0 aliphatic carbocycles. The van der Waals surface area contributed by atoms with Gasteiger partial charge in [-0.1, -0.05) is 23.7 Å². The second-order valence-corrected chi connectivity index (χ2v) is 4.74. The van der Waals surface area contributed by atoms with E-state index in [2.05, 4.69) is 10.6 Å². The molecule has 0 aliphatic heterocycles.